The molecule has 0 aromatic carbocycles. The highest BCUT2D eigenvalue weighted by atomic mass is 32.1. The summed E-state index contributed by atoms with van der Waals surface area (Å²) < 4.78 is 6.66. The van der Waals surface area contributed by atoms with Crippen molar-refractivity contribution in [2.75, 3.05) is 6.61 Å². The molecule has 4 atom stereocenters. The standard InChI is InChI=1S/C9H12N2O5S/c12-3-4-6(14)7(15)8(16-4)11-2-1-5(13)10-9(11)17/h1-2,4,6-8,12,14-15H,3H2,(H,10,13,17)/t4?,6?,7-,8?/m0/s1. The SMILES string of the molecule is O=c1ccn(C2OC(CO)C(O)[C@@H]2O)c(=S)[nH]1. The van der Waals surface area contributed by atoms with Gasteiger partial charge in [0.2, 0.25) is 0 Å². The number of aliphatic hydroxyl groups excluding tert-OH is 3. The van der Waals surface area contributed by atoms with Gasteiger partial charge in [0.25, 0.3) is 5.56 Å². The highest BCUT2D eigenvalue weighted by molar-refractivity contribution is 7.71. The number of nitrogens with zero attached hydrogens (tertiary/aromatic N) is 1. The van der Waals surface area contributed by atoms with Crippen LogP contribution >= 0.6 is 12.2 Å². The minimum Gasteiger partial charge on any atom is -0.394 e. The van der Waals surface area contributed by atoms with E-state index in [-0.39, 0.29) is 10.3 Å². The van der Waals surface area contributed by atoms with Crippen molar-refractivity contribution in [3.05, 3.63) is 27.4 Å². The van der Waals surface area contributed by atoms with Gasteiger partial charge in [-0.05, 0) is 12.2 Å². The van der Waals surface area contributed by atoms with Gasteiger partial charge in [-0.15, -0.1) is 0 Å². The van der Waals surface area contributed by atoms with E-state index in [1.165, 1.54) is 16.8 Å². The summed E-state index contributed by atoms with van der Waals surface area (Å²) in [7, 11) is 0. The van der Waals surface area contributed by atoms with Crippen molar-refractivity contribution in [2.45, 2.75) is 24.5 Å². The van der Waals surface area contributed by atoms with Crippen LogP contribution in [0.2, 0.25) is 0 Å². The second-order valence-corrected chi connectivity index (χ2v) is 4.13. The molecule has 0 amide bonds. The molecule has 0 saturated carbocycles. The molecule has 1 aromatic heterocycles. The van der Waals surface area contributed by atoms with Gasteiger partial charge in [0.15, 0.2) is 11.0 Å². The number of nitrogens with one attached hydrogen (secondary N) is 1. The van der Waals surface area contributed by atoms with Crippen molar-refractivity contribution >= 4 is 12.2 Å². The molecule has 0 spiro atoms. The number of H-pyrrole nitrogens is 1. The molecule has 1 aliphatic rings. The maximum atomic E-state index is 11.0. The number of aromatic nitrogens is 2. The van der Waals surface area contributed by atoms with E-state index in [1.807, 2.05) is 0 Å². The zero-order valence-corrected chi connectivity index (χ0v) is 9.50. The molecule has 2 heterocycles. The fraction of sp³-hybridized carbons (Fsp3) is 0.556. The first-order valence-electron chi connectivity index (χ1n) is 4.98. The van der Waals surface area contributed by atoms with Crippen LogP contribution in [0.3, 0.4) is 0 Å². The van der Waals surface area contributed by atoms with Crippen LogP contribution in [0.25, 0.3) is 0 Å². The molecular weight excluding hydrogens is 248 g/mol. The van der Waals surface area contributed by atoms with E-state index < -0.39 is 31.1 Å². The van der Waals surface area contributed by atoms with Gasteiger partial charge in [-0.1, -0.05) is 0 Å². The van der Waals surface area contributed by atoms with Crippen molar-refractivity contribution in [2.24, 2.45) is 0 Å². The maximum Gasteiger partial charge on any atom is 0.251 e. The lowest BCUT2D eigenvalue weighted by molar-refractivity contribution is -0.0541. The number of aliphatic hydroxyl groups is 3. The van der Waals surface area contributed by atoms with E-state index in [0.717, 1.165) is 0 Å². The third-order valence-electron chi connectivity index (χ3n) is 2.64. The number of aromatic amines is 1. The minimum absolute atomic E-state index is 0.0762. The minimum atomic E-state index is -1.22. The Morgan fingerprint density at radius 2 is 2.18 bits per heavy atom. The van der Waals surface area contributed by atoms with E-state index >= 15 is 0 Å². The molecule has 7 nitrogen and oxygen atoms in total. The number of hydrogen-bond donors (Lipinski definition) is 4. The predicted molar refractivity (Wildman–Crippen MR) is 58.9 cm³/mol. The normalized spacial score (nSPS) is 32.9. The summed E-state index contributed by atoms with van der Waals surface area (Å²) in [6.07, 6.45) is -2.85. The first-order chi connectivity index (χ1) is 8.04. The lowest BCUT2D eigenvalue weighted by Gasteiger charge is -2.17. The molecule has 0 bridgehead atoms. The second kappa shape index (κ2) is 4.67. The van der Waals surface area contributed by atoms with Crippen LogP contribution in [0, 0.1) is 4.77 Å². The Labute approximate surface area is 101 Å². The summed E-state index contributed by atoms with van der Waals surface area (Å²) >= 11 is 4.91. The van der Waals surface area contributed by atoms with Crippen molar-refractivity contribution < 1.29 is 20.1 Å². The largest absolute Gasteiger partial charge is 0.394 e. The van der Waals surface area contributed by atoms with Crippen molar-refractivity contribution in [1.29, 1.82) is 0 Å². The Morgan fingerprint density at radius 3 is 2.71 bits per heavy atom. The first-order valence-corrected chi connectivity index (χ1v) is 5.39. The zero-order chi connectivity index (χ0) is 12.6. The van der Waals surface area contributed by atoms with Crippen LogP contribution in [-0.4, -0.2) is 49.8 Å². The molecule has 1 fully saturated rings. The van der Waals surface area contributed by atoms with E-state index in [2.05, 4.69) is 4.98 Å². The van der Waals surface area contributed by atoms with Crippen LogP contribution < -0.4 is 5.56 Å². The second-order valence-electron chi connectivity index (χ2n) is 3.75. The van der Waals surface area contributed by atoms with E-state index in [0.29, 0.717) is 0 Å². The summed E-state index contributed by atoms with van der Waals surface area (Å²) in [5.74, 6) is 0. The van der Waals surface area contributed by atoms with Crippen LogP contribution in [0.1, 0.15) is 6.23 Å². The van der Waals surface area contributed by atoms with E-state index in [9.17, 15) is 15.0 Å². The first kappa shape index (κ1) is 12.4. The van der Waals surface area contributed by atoms with Gasteiger partial charge in [-0.3, -0.25) is 14.3 Å². The molecule has 1 aromatic rings. The van der Waals surface area contributed by atoms with Gasteiger partial charge >= 0.3 is 0 Å². The molecule has 8 heteroatoms. The quantitative estimate of drug-likeness (QED) is 0.483. The lowest BCUT2D eigenvalue weighted by atomic mass is 10.1. The van der Waals surface area contributed by atoms with Gasteiger partial charge in [0.05, 0.1) is 6.61 Å². The fourth-order valence-electron chi connectivity index (χ4n) is 1.74. The average Bonchev–Trinajstić information content (AvgIpc) is 2.57. The molecule has 94 valence electrons. The van der Waals surface area contributed by atoms with Gasteiger partial charge in [0, 0.05) is 12.3 Å². The molecule has 0 radical (unpaired) electrons. The number of rotatable bonds is 2. The molecule has 4 N–H and O–H groups in total. The summed E-state index contributed by atoms with van der Waals surface area (Å²) in [6.45, 7) is -0.411. The predicted octanol–water partition coefficient (Wildman–Crippen LogP) is -1.48. The summed E-state index contributed by atoms with van der Waals surface area (Å²) in [4.78, 5) is 13.4. The van der Waals surface area contributed by atoms with E-state index in [1.54, 1.807) is 0 Å². The zero-order valence-electron chi connectivity index (χ0n) is 8.68. The monoisotopic (exact) mass is 260 g/mol. The Balaban J connectivity index is 2.35. The molecule has 3 unspecified atom stereocenters. The highest BCUT2D eigenvalue weighted by Gasteiger charge is 2.43. The molecule has 1 aliphatic heterocycles. The summed E-state index contributed by atoms with van der Waals surface area (Å²) in [6, 6.07) is 1.23. The van der Waals surface area contributed by atoms with Gasteiger partial charge in [-0.2, -0.15) is 0 Å². The average molecular weight is 260 g/mol. The summed E-state index contributed by atoms with van der Waals surface area (Å²) in [5.41, 5.74) is -0.363. The third-order valence-corrected chi connectivity index (χ3v) is 2.96. The topological polar surface area (TPSA) is 108 Å². The van der Waals surface area contributed by atoms with Crippen LogP contribution in [-0.2, 0) is 4.74 Å². The number of hydrogen-bond acceptors (Lipinski definition) is 6. The molecule has 0 aliphatic carbocycles. The lowest BCUT2D eigenvalue weighted by Crippen LogP contribution is -2.33. The van der Waals surface area contributed by atoms with Crippen molar-refractivity contribution in [1.82, 2.24) is 9.55 Å². The Bertz CT molecular complexity index is 513. The van der Waals surface area contributed by atoms with Crippen molar-refractivity contribution in [3.8, 4) is 0 Å². The molecular formula is C9H12N2O5S. The Kier molecular flexibility index (Phi) is 3.40. The van der Waals surface area contributed by atoms with E-state index in [4.69, 9.17) is 22.1 Å². The van der Waals surface area contributed by atoms with Crippen LogP contribution in [0.15, 0.2) is 17.1 Å². The van der Waals surface area contributed by atoms with Gasteiger partial charge < -0.3 is 20.1 Å². The Hall–Kier alpha value is -1.06. The third kappa shape index (κ3) is 2.17. The molecule has 17 heavy (non-hydrogen) atoms. The smallest absolute Gasteiger partial charge is 0.251 e. The number of ether oxygens (including phenoxy) is 1. The van der Waals surface area contributed by atoms with Crippen LogP contribution in [0.5, 0.6) is 0 Å². The molecule has 2 rings (SSSR count). The highest BCUT2D eigenvalue weighted by Crippen LogP contribution is 2.28. The van der Waals surface area contributed by atoms with Gasteiger partial charge in [-0.25, -0.2) is 0 Å². The fourth-order valence-corrected chi connectivity index (χ4v) is 2.00. The van der Waals surface area contributed by atoms with Crippen LogP contribution in [0.4, 0.5) is 0 Å². The van der Waals surface area contributed by atoms with Gasteiger partial charge in [0.1, 0.15) is 18.3 Å². The molecule has 1 saturated heterocycles. The summed E-state index contributed by atoms with van der Waals surface area (Å²) in [5, 5.41) is 28.3. The Morgan fingerprint density at radius 1 is 1.47 bits per heavy atom. The van der Waals surface area contributed by atoms with Crippen molar-refractivity contribution in [3.63, 3.8) is 0 Å². The maximum absolute atomic E-state index is 11.0.